The summed E-state index contributed by atoms with van der Waals surface area (Å²) in [7, 11) is -2.14. The Labute approximate surface area is 131 Å². The molecule has 0 radical (unpaired) electrons. The van der Waals surface area contributed by atoms with Crippen LogP contribution in [0.4, 0.5) is 0 Å². The lowest BCUT2D eigenvalue weighted by Gasteiger charge is -2.27. The van der Waals surface area contributed by atoms with E-state index in [4.69, 9.17) is 13.6 Å². The van der Waals surface area contributed by atoms with Crippen LogP contribution in [0.15, 0.2) is 12.7 Å². The van der Waals surface area contributed by atoms with E-state index in [-0.39, 0.29) is 12.1 Å². The fourth-order valence-electron chi connectivity index (χ4n) is 2.32. The van der Waals surface area contributed by atoms with Crippen LogP contribution in [0.5, 0.6) is 0 Å². The standard InChI is InChI=1S/C16H32O4Si/c1-6-10-11-12-15(20-16(17)7-2)13-14-21(5,18-8-3)19-9-4/h7,15H,2,6,8-14H2,1,3-5H3. The van der Waals surface area contributed by atoms with Gasteiger partial charge in [-0.05, 0) is 45.7 Å². The second-order valence-electron chi connectivity index (χ2n) is 5.30. The molecule has 1 atom stereocenters. The van der Waals surface area contributed by atoms with Crippen LogP contribution in [0, 0.1) is 0 Å². The second-order valence-corrected chi connectivity index (χ2v) is 8.64. The van der Waals surface area contributed by atoms with Gasteiger partial charge in [0.25, 0.3) is 0 Å². The zero-order chi connectivity index (χ0) is 16.1. The minimum Gasteiger partial charge on any atom is -0.459 e. The minimum atomic E-state index is -2.14. The van der Waals surface area contributed by atoms with Gasteiger partial charge in [0.1, 0.15) is 6.10 Å². The highest BCUT2D eigenvalue weighted by atomic mass is 28.4. The molecule has 0 amide bonds. The van der Waals surface area contributed by atoms with Gasteiger partial charge in [-0.3, -0.25) is 0 Å². The van der Waals surface area contributed by atoms with Crippen LogP contribution in [0.25, 0.3) is 0 Å². The molecule has 0 spiro atoms. The molecule has 0 bridgehead atoms. The smallest absolute Gasteiger partial charge is 0.335 e. The number of esters is 1. The normalized spacial score (nSPS) is 13.0. The summed E-state index contributed by atoms with van der Waals surface area (Å²) < 4.78 is 17.1. The molecule has 124 valence electrons. The Hall–Kier alpha value is -0.653. The maximum Gasteiger partial charge on any atom is 0.335 e. The van der Waals surface area contributed by atoms with Crippen LogP contribution in [0.1, 0.15) is 52.9 Å². The van der Waals surface area contributed by atoms with E-state index in [0.717, 1.165) is 38.1 Å². The van der Waals surface area contributed by atoms with Gasteiger partial charge in [0.05, 0.1) is 0 Å². The number of carbonyl (C=O) groups is 1. The lowest BCUT2D eigenvalue weighted by molar-refractivity contribution is -0.143. The first-order valence-electron chi connectivity index (χ1n) is 8.12. The SMILES string of the molecule is C=CC(=O)OC(CCCCC)CC[Si](C)(OCC)OCC. The first kappa shape index (κ1) is 20.3. The zero-order valence-electron chi connectivity index (χ0n) is 14.2. The molecule has 0 saturated carbocycles. The van der Waals surface area contributed by atoms with Gasteiger partial charge in [0.15, 0.2) is 0 Å². The van der Waals surface area contributed by atoms with Gasteiger partial charge in [-0.2, -0.15) is 0 Å². The van der Waals surface area contributed by atoms with Crippen molar-refractivity contribution in [3.63, 3.8) is 0 Å². The van der Waals surface area contributed by atoms with E-state index >= 15 is 0 Å². The summed E-state index contributed by atoms with van der Waals surface area (Å²) in [5.41, 5.74) is 0. The highest BCUT2D eigenvalue weighted by molar-refractivity contribution is 6.66. The topological polar surface area (TPSA) is 44.8 Å². The molecule has 21 heavy (non-hydrogen) atoms. The lowest BCUT2D eigenvalue weighted by Crippen LogP contribution is -2.39. The molecule has 0 N–H and O–H groups in total. The predicted octanol–water partition coefficient (Wildman–Crippen LogP) is 4.20. The van der Waals surface area contributed by atoms with Crippen LogP contribution < -0.4 is 0 Å². The third kappa shape index (κ3) is 9.82. The number of unbranched alkanes of at least 4 members (excludes halogenated alkanes) is 2. The Morgan fingerprint density at radius 1 is 1.14 bits per heavy atom. The largest absolute Gasteiger partial charge is 0.459 e. The van der Waals surface area contributed by atoms with Crippen molar-refractivity contribution in [2.24, 2.45) is 0 Å². The molecule has 0 saturated heterocycles. The third-order valence-electron chi connectivity index (χ3n) is 3.40. The average Bonchev–Trinajstić information content (AvgIpc) is 2.45. The number of carbonyl (C=O) groups excluding carboxylic acids is 1. The van der Waals surface area contributed by atoms with Crippen LogP contribution >= 0.6 is 0 Å². The maximum absolute atomic E-state index is 11.4. The number of rotatable bonds is 13. The van der Waals surface area contributed by atoms with Crippen molar-refractivity contribution in [1.29, 1.82) is 0 Å². The Balaban J connectivity index is 4.46. The van der Waals surface area contributed by atoms with Crippen LogP contribution in [0.3, 0.4) is 0 Å². The summed E-state index contributed by atoms with van der Waals surface area (Å²) in [5.74, 6) is -0.340. The van der Waals surface area contributed by atoms with Gasteiger partial charge in [0.2, 0.25) is 0 Å². The number of hydrogen-bond donors (Lipinski definition) is 0. The quantitative estimate of drug-likeness (QED) is 0.221. The maximum atomic E-state index is 11.4. The van der Waals surface area contributed by atoms with Crippen molar-refractivity contribution in [3.8, 4) is 0 Å². The molecule has 0 aromatic rings. The third-order valence-corrected chi connectivity index (χ3v) is 6.39. The predicted molar refractivity (Wildman–Crippen MR) is 88.5 cm³/mol. The summed E-state index contributed by atoms with van der Waals surface area (Å²) in [6.45, 7) is 13.0. The van der Waals surface area contributed by atoms with Crippen LogP contribution in [0.2, 0.25) is 12.6 Å². The van der Waals surface area contributed by atoms with Gasteiger partial charge in [-0.15, -0.1) is 0 Å². The fraction of sp³-hybridized carbons (Fsp3) is 0.812. The summed E-state index contributed by atoms with van der Waals surface area (Å²) in [6.07, 6.45) is 6.26. The summed E-state index contributed by atoms with van der Waals surface area (Å²) >= 11 is 0. The molecular weight excluding hydrogens is 284 g/mol. The summed E-state index contributed by atoms with van der Waals surface area (Å²) in [5, 5.41) is 0. The average molecular weight is 317 g/mol. The molecule has 0 aliphatic rings. The van der Waals surface area contributed by atoms with Gasteiger partial charge < -0.3 is 13.6 Å². The molecular formula is C16H32O4Si. The van der Waals surface area contributed by atoms with Crippen molar-refractivity contribution >= 4 is 14.5 Å². The highest BCUT2D eigenvalue weighted by Gasteiger charge is 2.32. The van der Waals surface area contributed by atoms with E-state index in [9.17, 15) is 4.79 Å². The van der Waals surface area contributed by atoms with Crippen molar-refractivity contribution in [2.75, 3.05) is 13.2 Å². The van der Waals surface area contributed by atoms with E-state index in [1.54, 1.807) is 0 Å². The molecule has 0 rings (SSSR count). The van der Waals surface area contributed by atoms with E-state index in [1.807, 2.05) is 13.8 Å². The zero-order valence-corrected chi connectivity index (χ0v) is 15.2. The summed E-state index contributed by atoms with van der Waals surface area (Å²) in [6, 6.07) is 0.843. The molecule has 0 aromatic carbocycles. The van der Waals surface area contributed by atoms with Crippen molar-refractivity contribution in [1.82, 2.24) is 0 Å². The van der Waals surface area contributed by atoms with Crippen LogP contribution in [-0.2, 0) is 18.4 Å². The lowest BCUT2D eigenvalue weighted by atomic mass is 10.1. The Morgan fingerprint density at radius 2 is 1.76 bits per heavy atom. The van der Waals surface area contributed by atoms with Crippen molar-refractivity contribution in [3.05, 3.63) is 12.7 Å². The number of ether oxygens (including phenoxy) is 1. The van der Waals surface area contributed by atoms with Crippen molar-refractivity contribution in [2.45, 2.75) is 71.6 Å². The summed E-state index contributed by atoms with van der Waals surface area (Å²) in [4.78, 5) is 11.4. The second kappa shape index (κ2) is 11.9. The Kier molecular flexibility index (Phi) is 11.6. The molecule has 1 unspecified atom stereocenters. The number of hydrogen-bond acceptors (Lipinski definition) is 4. The minimum absolute atomic E-state index is 0.0604. The van der Waals surface area contributed by atoms with Crippen molar-refractivity contribution < 1.29 is 18.4 Å². The van der Waals surface area contributed by atoms with E-state index in [2.05, 4.69) is 20.0 Å². The van der Waals surface area contributed by atoms with Gasteiger partial charge in [-0.25, -0.2) is 4.79 Å². The van der Waals surface area contributed by atoms with E-state index in [0.29, 0.717) is 13.2 Å². The molecule has 5 heteroatoms. The molecule has 0 heterocycles. The van der Waals surface area contributed by atoms with E-state index in [1.165, 1.54) is 6.08 Å². The first-order chi connectivity index (χ1) is 10.0. The Bertz CT molecular complexity index is 288. The van der Waals surface area contributed by atoms with Crippen LogP contribution in [-0.4, -0.2) is 33.8 Å². The van der Waals surface area contributed by atoms with Gasteiger partial charge in [0, 0.05) is 19.3 Å². The molecule has 0 fully saturated rings. The monoisotopic (exact) mass is 316 g/mol. The molecule has 0 aromatic heterocycles. The fourth-order valence-corrected chi connectivity index (χ4v) is 4.76. The Morgan fingerprint density at radius 3 is 2.24 bits per heavy atom. The van der Waals surface area contributed by atoms with Gasteiger partial charge >= 0.3 is 14.5 Å². The van der Waals surface area contributed by atoms with E-state index < -0.39 is 8.56 Å². The van der Waals surface area contributed by atoms with Gasteiger partial charge in [-0.1, -0.05) is 26.3 Å². The molecule has 0 aliphatic heterocycles. The first-order valence-corrected chi connectivity index (χ1v) is 10.6. The molecule has 4 nitrogen and oxygen atoms in total. The highest BCUT2D eigenvalue weighted by Crippen LogP contribution is 2.21. The molecule has 0 aliphatic carbocycles.